The van der Waals surface area contributed by atoms with Gasteiger partial charge in [-0.2, -0.15) is 0 Å². The fourth-order valence-electron chi connectivity index (χ4n) is 3.33. The van der Waals surface area contributed by atoms with Gasteiger partial charge in [0.15, 0.2) is 0 Å². The predicted octanol–water partition coefficient (Wildman–Crippen LogP) is 2.41. The number of nitrogens with zero attached hydrogens (tertiary/aromatic N) is 1. The summed E-state index contributed by atoms with van der Waals surface area (Å²) in [5, 5.41) is 9.66. The second kappa shape index (κ2) is 4.84. The van der Waals surface area contributed by atoms with E-state index in [0.717, 1.165) is 12.6 Å². The summed E-state index contributed by atoms with van der Waals surface area (Å²) in [4.78, 5) is 2.60. The molecule has 15 heavy (non-hydrogen) atoms. The SMILES string of the molecule is CC1CCCN1CC1(CO)CCCCC1. The first-order chi connectivity index (χ1) is 7.26. The average Bonchev–Trinajstić information content (AvgIpc) is 2.66. The smallest absolute Gasteiger partial charge is 0.0499 e. The molecule has 0 aromatic carbocycles. The van der Waals surface area contributed by atoms with E-state index in [2.05, 4.69) is 11.8 Å². The maximum atomic E-state index is 9.66. The molecule has 1 unspecified atom stereocenters. The van der Waals surface area contributed by atoms with Gasteiger partial charge in [0.1, 0.15) is 0 Å². The van der Waals surface area contributed by atoms with Gasteiger partial charge >= 0.3 is 0 Å². The molecule has 2 rings (SSSR count). The number of likely N-dealkylation sites (tertiary alicyclic amines) is 1. The number of rotatable bonds is 3. The van der Waals surface area contributed by atoms with Gasteiger partial charge in [-0.15, -0.1) is 0 Å². The van der Waals surface area contributed by atoms with Gasteiger partial charge in [-0.05, 0) is 39.2 Å². The van der Waals surface area contributed by atoms with E-state index < -0.39 is 0 Å². The predicted molar refractivity (Wildman–Crippen MR) is 62.9 cm³/mol. The minimum atomic E-state index is 0.247. The molecular weight excluding hydrogens is 186 g/mol. The molecule has 1 N–H and O–H groups in total. The van der Waals surface area contributed by atoms with Crippen LogP contribution in [0.15, 0.2) is 0 Å². The van der Waals surface area contributed by atoms with Crippen molar-refractivity contribution >= 4 is 0 Å². The maximum Gasteiger partial charge on any atom is 0.0499 e. The lowest BCUT2D eigenvalue weighted by Crippen LogP contribution is -2.42. The van der Waals surface area contributed by atoms with E-state index in [9.17, 15) is 5.11 Å². The summed E-state index contributed by atoms with van der Waals surface area (Å²) in [6, 6.07) is 0.746. The van der Waals surface area contributed by atoms with Crippen molar-refractivity contribution in [1.29, 1.82) is 0 Å². The van der Waals surface area contributed by atoms with Crippen LogP contribution >= 0.6 is 0 Å². The fraction of sp³-hybridized carbons (Fsp3) is 1.00. The van der Waals surface area contributed by atoms with Gasteiger partial charge in [-0.25, -0.2) is 0 Å². The van der Waals surface area contributed by atoms with Crippen LogP contribution in [0.1, 0.15) is 51.9 Å². The zero-order valence-electron chi connectivity index (χ0n) is 10.0. The number of aliphatic hydroxyl groups is 1. The highest BCUT2D eigenvalue weighted by Crippen LogP contribution is 2.37. The highest BCUT2D eigenvalue weighted by atomic mass is 16.3. The monoisotopic (exact) mass is 211 g/mol. The Hall–Kier alpha value is -0.0800. The Morgan fingerprint density at radius 2 is 1.93 bits per heavy atom. The molecule has 1 saturated heterocycles. The second-order valence-corrected chi connectivity index (χ2v) is 5.68. The highest BCUT2D eigenvalue weighted by molar-refractivity contribution is 4.88. The van der Waals surface area contributed by atoms with Crippen LogP contribution in [0.3, 0.4) is 0 Å². The standard InChI is InChI=1S/C13H25NO/c1-12-6-5-9-14(12)10-13(11-15)7-3-2-4-8-13/h12,15H,2-11H2,1H3. The fourth-order valence-corrected chi connectivity index (χ4v) is 3.33. The lowest BCUT2D eigenvalue weighted by Gasteiger charge is -2.40. The van der Waals surface area contributed by atoms with E-state index in [1.54, 1.807) is 0 Å². The van der Waals surface area contributed by atoms with Crippen molar-refractivity contribution < 1.29 is 5.11 Å². The van der Waals surface area contributed by atoms with E-state index in [1.165, 1.54) is 51.5 Å². The third-order valence-electron chi connectivity index (χ3n) is 4.48. The van der Waals surface area contributed by atoms with Crippen LogP contribution in [-0.2, 0) is 0 Å². The largest absolute Gasteiger partial charge is 0.396 e. The topological polar surface area (TPSA) is 23.5 Å². The van der Waals surface area contributed by atoms with Gasteiger partial charge in [0.2, 0.25) is 0 Å². The van der Waals surface area contributed by atoms with E-state index >= 15 is 0 Å². The Bertz CT molecular complexity index is 199. The highest BCUT2D eigenvalue weighted by Gasteiger charge is 2.35. The molecule has 88 valence electrons. The molecule has 1 aliphatic heterocycles. The van der Waals surface area contributed by atoms with Gasteiger partial charge in [-0.3, -0.25) is 0 Å². The van der Waals surface area contributed by atoms with Gasteiger partial charge in [0.05, 0.1) is 0 Å². The first kappa shape index (κ1) is 11.4. The summed E-state index contributed by atoms with van der Waals surface area (Å²) >= 11 is 0. The van der Waals surface area contributed by atoms with Gasteiger partial charge in [0, 0.05) is 24.6 Å². The number of aliphatic hydroxyl groups excluding tert-OH is 1. The normalized spacial score (nSPS) is 32.0. The summed E-state index contributed by atoms with van der Waals surface area (Å²) in [5.74, 6) is 0. The van der Waals surface area contributed by atoms with E-state index in [4.69, 9.17) is 0 Å². The molecule has 1 saturated carbocycles. The molecule has 0 aromatic heterocycles. The third-order valence-corrected chi connectivity index (χ3v) is 4.48. The van der Waals surface area contributed by atoms with Crippen LogP contribution in [0.2, 0.25) is 0 Å². The van der Waals surface area contributed by atoms with Crippen molar-refractivity contribution in [2.75, 3.05) is 19.7 Å². The van der Waals surface area contributed by atoms with Crippen LogP contribution in [0.4, 0.5) is 0 Å². The van der Waals surface area contributed by atoms with Crippen LogP contribution in [0.5, 0.6) is 0 Å². The zero-order valence-corrected chi connectivity index (χ0v) is 10.0. The van der Waals surface area contributed by atoms with Crippen molar-refractivity contribution in [2.45, 2.75) is 57.9 Å². The molecule has 2 fully saturated rings. The Balaban J connectivity index is 1.94. The molecule has 2 aliphatic rings. The van der Waals surface area contributed by atoms with E-state index in [-0.39, 0.29) is 5.41 Å². The van der Waals surface area contributed by atoms with Crippen LogP contribution < -0.4 is 0 Å². The molecule has 0 spiro atoms. The van der Waals surface area contributed by atoms with E-state index in [0.29, 0.717) is 6.61 Å². The maximum absolute atomic E-state index is 9.66. The minimum Gasteiger partial charge on any atom is -0.396 e. The Labute approximate surface area is 93.7 Å². The number of hydrogen-bond donors (Lipinski definition) is 1. The van der Waals surface area contributed by atoms with E-state index in [1.807, 2.05) is 0 Å². The van der Waals surface area contributed by atoms with Crippen molar-refractivity contribution in [3.63, 3.8) is 0 Å². The first-order valence-corrected chi connectivity index (χ1v) is 6.61. The van der Waals surface area contributed by atoms with Crippen molar-refractivity contribution in [2.24, 2.45) is 5.41 Å². The Morgan fingerprint density at radius 3 is 2.47 bits per heavy atom. The van der Waals surface area contributed by atoms with Gasteiger partial charge in [0.25, 0.3) is 0 Å². The van der Waals surface area contributed by atoms with Gasteiger partial charge in [-0.1, -0.05) is 19.3 Å². The summed E-state index contributed by atoms with van der Waals surface area (Å²) in [6.07, 6.45) is 9.20. The molecule has 0 aromatic rings. The molecule has 0 bridgehead atoms. The minimum absolute atomic E-state index is 0.247. The lowest BCUT2D eigenvalue weighted by molar-refractivity contribution is 0.0383. The zero-order chi connectivity index (χ0) is 10.7. The molecule has 1 aliphatic carbocycles. The molecule has 0 amide bonds. The van der Waals surface area contributed by atoms with Crippen molar-refractivity contribution in [3.05, 3.63) is 0 Å². The lowest BCUT2D eigenvalue weighted by atomic mass is 9.74. The number of hydrogen-bond acceptors (Lipinski definition) is 2. The molecule has 1 heterocycles. The summed E-state index contributed by atoms with van der Waals surface area (Å²) in [5.41, 5.74) is 0.247. The van der Waals surface area contributed by atoms with Crippen LogP contribution in [0, 0.1) is 5.41 Å². The van der Waals surface area contributed by atoms with Crippen molar-refractivity contribution in [1.82, 2.24) is 4.90 Å². The molecule has 2 heteroatoms. The Morgan fingerprint density at radius 1 is 1.20 bits per heavy atom. The average molecular weight is 211 g/mol. The van der Waals surface area contributed by atoms with Gasteiger partial charge < -0.3 is 10.0 Å². The molecule has 2 nitrogen and oxygen atoms in total. The summed E-state index contributed by atoms with van der Waals surface area (Å²) < 4.78 is 0. The summed E-state index contributed by atoms with van der Waals surface area (Å²) in [6.45, 7) is 5.13. The Kier molecular flexibility index (Phi) is 3.68. The van der Waals surface area contributed by atoms with Crippen LogP contribution in [0.25, 0.3) is 0 Å². The second-order valence-electron chi connectivity index (χ2n) is 5.68. The van der Waals surface area contributed by atoms with Crippen LogP contribution in [-0.4, -0.2) is 35.7 Å². The first-order valence-electron chi connectivity index (χ1n) is 6.61. The molecular formula is C13H25NO. The molecule has 0 radical (unpaired) electrons. The third kappa shape index (κ3) is 2.54. The molecule has 1 atom stereocenters. The van der Waals surface area contributed by atoms with Crippen molar-refractivity contribution in [3.8, 4) is 0 Å². The summed E-state index contributed by atoms with van der Waals surface area (Å²) in [7, 11) is 0. The quantitative estimate of drug-likeness (QED) is 0.775.